The molecule has 4 rings (SSSR count). The van der Waals surface area contributed by atoms with Gasteiger partial charge in [-0.25, -0.2) is 0 Å². The van der Waals surface area contributed by atoms with Gasteiger partial charge in [0.15, 0.2) is 0 Å². The Balaban J connectivity index is 0.000000183. The summed E-state index contributed by atoms with van der Waals surface area (Å²) >= 11 is 0.569. The molecule has 0 aromatic carbocycles. The van der Waals surface area contributed by atoms with Crippen molar-refractivity contribution in [1.82, 2.24) is 29.6 Å². The van der Waals surface area contributed by atoms with Crippen LogP contribution >= 0.6 is 20.4 Å². The maximum atomic E-state index is 4.70. The minimum absolute atomic E-state index is 0.569. The third-order valence-corrected chi connectivity index (χ3v) is 4.06. The first-order valence-corrected chi connectivity index (χ1v) is 11.7. The topological polar surface area (TPSA) is 38.7 Å². The summed E-state index contributed by atoms with van der Waals surface area (Å²) in [6, 6.07) is 12.0. The number of nitrogens with zero attached hydrogens (tertiary/aromatic N) is 6. The van der Waals surface area contributed by atoms with Crippen molar-refractivity contribution in [2.45, 2.75) is 13.1 Å². The second-order valence-electron chi connectivity index (χ2n) is 6.57. The molecule has 0 radical (unpaired) electrons. The number of pyridine rings is 2. The van der Waals surface area contributed by atoms with Crippen molar-refractivity contribution >= 4 is 20.4 Å². The summed E-state index contributed by atoms with van der Waals surface area (Å²) in [7, 11) is 13.5. The molecule has 0 aliphatic carbocycles. The molecule has 0 unspecified atom stereocenters. The molecule has 0 amide bonds. The Hall–Kier alpha value is -1.95. The van der Waals surface area contributed by atoms with Crippen molar-refractivity contribution in [1.29, 1.82) is 0 Å². The van der Waals surface area contributed by atoms with Crippen LogP contribution in [0.3, 0.4) is 0 Å². The van der Waals surface area contributed by atoms with Gasteiger partial charge in [-0.1, -0.05) is 12.1 Å². The third-order valence-electron chi connectivity index (χ3n) is 4.06. The monoisotopic (exact) mass is 478 g/mol. The van der Waals surface area contributed by atoms with Gasteiger partial charge in [0.2, 0.25) is 0 Å². The van der Waals surface area contributed by atoms with Crippen LogP contribution in [0.15, 0.2) is 73.6 Å². The van der Waals surface area contributed by atoms with Crippen LogP contribution in [0.25, 0.3) is 0 Å². The predicted octanol–water partition coefficient (Wildman–Crippen LogP) is 3.89. The van der Waals surface area contributed by atoms with Crippen LogP contribution in [0.1, 0.15) is 11.4 Å². The molecule has 0 fully saturated rings. The van der Waals surface area contributed by atoms with Crippen LogP contribution in [0.2, 0.25) is 0 Å². The molecule has 0 spiro atoms. The summed E-state index contributed by atoms with van der Waals surface area (Å²) < 4.78 is 0. The van der Waals surface area contributed by atoms with Crippen molar-refractivity contribution in [2.75, 3.05) is 27.4 Å². The molecule has 6 nitrogen and oxygen atoms in total. The zero-order valence-corrected chi connectivity index (χ0v) is 19.0. The molecule has 29 heavy (non-hydrogen) atoms. The van der Waals surface area contributed by atoms with E-state index in [2.05, 4.69) is 68.5 Å². The maximum absolute atomic E-state index is 4.70. The summed E-state index contributed by atoms with van der Waals surface area (Å²) in [5, 5.41) is 0. The minimum atomic E-state index is 0.569. The van der Waals surface area contributed by atoms with Crippen LogP contribution in [0.5, 0.6) is 0 Å². The Morgan fingerprint density at radius 2 is 1.17 bits per heavy atom. The van der Waals surface area contributed by atoms with Gasteiger partial charge in [0.05, 0.1) is 37.8 Å². The fraction of sp³-hybridized carbons (Fsp3) is 0.300. The van der Waals surface area contributed by atoms with Crippen molar-refractivity contribution in [2.24, 2.45) is 0 Å². The first kappa shape index (κ1) is 23.3. The Labute approximate surface area is 187 Å². The molecule has 0 saturated carbocycles. The van der Waals surface area contributed by atoms with Crippen molar-refractivity contribution in [3.05, 3.63) is 85.0 Å². The first-order chi connectivity index (χ1) is 14.1. The number of rotatable bonds is 4. The number of hydrogen-bond acceptors (Lipinski definition) is 6. The SMILES string of the molecule is CN1C=CN(Cc2ccccn2)C1.CN1C=CN(Cc2ccccn2)C1.[Cl][Ni][Cl]. The average molecular weight is 480 g/mol. The number of halogens is 2. The van der Waals surface area contributed by atoms with E-state index >= 15 is 0 Å². The molecule has 0 atom stereocenters. The van der Waals surface area contributed by atoms with Crippen LogP contribution in [-0.2, 0) is 25.7 Å². The molecule has 2 aromatic rings. The molecule has 0 N–H and O–H groups in total. The predicted molar refractivity (Wildman–Crippen MR) is 115 cm³/mol. The van der Waals surface area contributed by atoms with E-state index in [1.54, 1.807) is 0 Å². The molecular formula is C20H26Cl2N6Ni. The molecular weight excluding hydrogens is 454 g/mol. The van der Waals surface area contributed by atoms with Crippen molar-refractivity contribution < 1.29 is 12.7 Å². The van der Waals surface area contributed by atoms with Crippen LogP contribution in [-0.4, -0.2) is 57.0 Å². The Morgan fingerprint density at radius 3 is 1.45 bits per heavy atom. The number of hydrogen-bond donors (Lipinski definition) is 0. The van der Waals surface area contributed by atoms with Crippen LogP contribution in [0, 0.1) is 0 Å². The molecule has 0 bridgehead atoms. The first-order valence-electron chi connectivity index (χ1n) is 8.98. The van der Waals surface area contributed by atoms with Crippen molar-refractivity contribution in [3.8, 4) is 0 Å². The summed E-state index contributed by atoms with van der Waals surface area (Å²) in [6.07, 6.45) is 12.0. The average Bonchev–Trinajstić information content (AvgIpc) is 3.32. The number of aromatic nitrogens is 2. The molecule has 4 heterocycles. The van der Waals surface area contributed by atoms with Gasteiger partial charge in [-0.2, -0.15) is 0 Å². The quantitative estimate of drug-likeness (QED) is 0.619. The van der Waals surface area contributed by atoms with Gasteiger partial charge < -0.3 is 19.6 Å². The van der Waals surface area contributed by atoms with E-state index < -0.39 is 0 Å². The van der Waals surface area contributed by atoms with Gasteiger partial charge >= 0.3 is 33.0 Å². The zero-order valence-electron chi connectivity index (χ0n) is 16.5. The van der Waals surface area contributed by atoms with E-state index in [0.29, 0.717) is 12.7 Å². The van der Waals surface area contributed by atoms with Gasteiger partial charge in [0, 0.05) is 51.3 Å². The molecule has 160 valence electrons. The standard InChI is InChI=1S/2C10H13N3.2ClH.Ni/c2*1-12-6-7-13(9-12)8-10-4-2-3-5-11-10;;;/h2*2-7H,8-9H2,1H3;2*1H;/q;;;;+2/p-2. The van der Waals surface area contributed by atoms with Gasteiger partial charge in [-0.05, 0) is 24.3 Å². The normalized spacial score (nSPS) is 14.6. The van der Waals surface area contributed by atoms with Gasteiger partial charge in [-0.15, -0.1) is 0 Å². The van der Waals surface area contributed by atoms with Gasteiger partial charge in [-0.3, -0.25) is 9.97 Å². The summed E-state index contributed by atoms with van der Waals surface area (Å²) in [4.78, 5) is 17.3. The molecule has 2 aliphatic heterocycles. The second-order valence-corrected chi connectivity index (χ2v) is 8.21. The zero-order chi connectivity index (χ0) is 20.9. The van der Waals surface area contributed by atoms with E-state index in [1.807, 2.05) is 48.8 Å². The Bertz CT molecular complexity index is 684. The second kappa shape index (κ2) is 13.3. The third kappa shape index (κ3) is 9.40. The van der Waals surface area contributed by atoms with Gasteiger partial charge in [0.1, 0.15) is 0 Å². The fourth-order valence-electron chi connectivity index (χ4n) is 2.78. The van der Waals surface area contributed by atoms with E-state index in [1.165, 1.54) is 0 Å². The molecule has 2 aromatic heterocycles. The van der Waals surface area contributed by atoms with Crippen LogP contribution < -0.4 is 0 Å². The fourth-order valence-corrected chi connectivity index (χ4v) is 2.78. The summed E-state index contributed by atoms with van der Waals surface area (Å²) in [5.41, 5.74) is 2.23. The molecule has 2 aliphatic rings. The van der Waals surface area contributed by atoms with E-state index in [4.69, 9.17) is 20.4 Å². The van der Waals surface area contributed by atoms with Crippen LogP contribution in [0.4, 0.5) is 0 Å². The van der Waals surface area contributed by atoms with E-state index in [0.717, 1.165) is 37.8 Å². The van der Waals surface area contributed by atoms with E-state index in [9.17, 15) is 0 Å². The van der Waals surface area contributed by atoms with Crippen molar-refractivity contribution in [3.63, 3.8) is 0 Å². The summed E-state index contributed by atoms with van der Waals surface area (Å²) in [5.74, 6) is 0. The Kier molecular flexibility index (Phi) is 10.7. The molecule has 9 heteroatoms. The van der Waals surface area contributed by atoms with Gasteiger partial charge in [0.25, 0.3) is 0 Å². The Morgan fingerprint density at radius 1 is 0.759 bits per heavy atom. The summed E-state index contributed by atoms with van der Waals surface area (Å²) in [6.45, 7) is 3.69. The molecule has 0 saturated heterocycles. The van der Waals surface area contributed by atoms with E-state index in [-0.39, 0.29) is 0 Å².